The van der Waals surface area contributed by atoms with Gasteiger partial charge in [0, 0.05) is 31.1 Å². The lowest BCUT2D eigenvalue weighted by molar-refractivity contribution is 0.167. The Bertz CT molecular complexity index is 744. The summed E-state index contributed by atoms with van der Waals surface area (Å²) in [5.41, 5.74) is 10.3. The van der Waals surface area contributed by atoms with Crippen molar-refractivity contribution in [3.63, 3.8) is 0 Å². The summed E-state index contributed by atoms with van der Waals surface area (Å²) >= 11 is 0. The molecule has 118 valence electrons. The summed E-state index contributed by atoms with van der Waals surface area (Å²) in [5, 5.41) is 10.4. The number of likely N-dealkylation sites (tertiary alicyclic amines) is 1. The quantitative estimate of drug-likeness (QED) is 0.898. The molecule has 5 nitrogen and oxygen atoms in total. The van der Waals surface area contributed by atoms with Gasteiger partial charge in [0.05, 0.1) is 11.8 Å². The van der Waals surface area contributed by atoms with E-state index in [0.29, 0.717) is 12.4 Å². The van der Waals surface area contributed by atoms with Crippen molar-refractivity contribution < 1.29 is 5.11 Å². The van der Waals surface area contributed by atoms with Crippen LogP contribution in [0.5, 0.6) is 0 Å². The molecule has 2 aliphatic rings. The first-order chi connectivity index (χ1) is 11.2. The Balaban J connectivity index is 1.49. The number of benzene rings is 1. The summed E-state index contributed by atoms with van der Waals surface area (Å²) in [7, 11) is 0. The molecule has 5 heteroatoms. The Morgan fingerprint density at radius 2 is 2.00 bits per heavy atom. The molecule has 1 aliphatic carbocycles. The number of aliphatic hydroxyl groups excluding tert-OH is 1. The smallest absolute Gasteiger partial charge is 0.130 e. The number of β-amino-alcohol motifs (C(OH)–C–C–N with tert-alkyl or cyclic N) is 1. The third-order valence-corrected chi connectivity index (χ3v) is 4.82. The number of allylic oxidation sites excluding steroid dienone is 1. The third kappa shape index (κ3) is 2.62. The molecule has 3 N–H and O–H groups in total. The van der Waals surface area contributed by atoms with Gasteiger partial charge in [0.25, 0.3) is 0 Å². The van der Waals surface area contributed by atoms with Crippen LogP contribution in [0.3, 0.4) is 0 Å². The van der Waals surface area contributed by atoms with Crippen molar-refractivity contribution in [2.45, 2.75) is 18.4 Å². The minimum atomic E-state index is -0.325. The predicted molar refractivity (Wildman–Crippen MR) is 89.8 cm³/mol. The second-order valence-corrected chi connectivity index (χ2v) is 6.30. The zero-order valence-electron chi connectivity index (χ0n) is 12.9. The summed E-state index contributed by atoms with van der Waals surface area (Å²) in [4.78, 5) is 10.7. The van der Waals surface area contributed by atoms with E-state index in [1.54, 1.807) is 0 Å². The highest BCUT2D eigenvalue weighted by molar-refractivity contribution is 5.74. The molecule has 1 aromatic carbocycles. The summed E-state index contributed by atoms with van der Waals surface area (Å²) in [5.74, 6) is 0.748. The van der Waals surface area contributed by atoms with Gasteiger partial charge in [-0.05, 0) is 17.6 Å². The average Bonchev–Trinajstić information content (AvgIpc) is 3.14. The van der Waals surface area contributed by atoms with Crippen LogP contribution in [0.1, 0.15) is 22.7 Å². The van der Waals surface area contributed by atoms with Crippen LogP contribution in [0.2, 0.25) is 0 Å². The van der Waals surface area contributed by atoms with Gasteiger partial charge in [0.15, 0.2) is 0 Å². The largest absolute Gasteiger partial charge is 0.391 e. The van der Waals surface area contributed by atoms with Crippen LogP contribution in [0.15, 0.2) is 42.7 Å². The number of aromatic nitrogens is 2. The minimum absolute atomic E-state index is 0.174. The molecule has 0 bridgehead atoms. The van der Waals surface area contributed by atoms with Crippen molar-refractivity contribution in [3.05, 3.63) is 59.6 Å². The normalized spacial score (nSPS) is 23.8. The van der Waals surface area contributed by atoms with Crippen molar-refractivity contribution in [1.29, 1.82) is 0 Å². The van der Waals surface area contributed by atoms with Gasteiger partial charge in [0.2, 0.25) is 0 Å². The van der Waals surface area contributed by atoms with Gasteiger partial charge in [0.1, 0.15) is 12.1 Å². The summed E-state index contributed by atoms with van der Waals surface area (Å²) in [6.07, 6.45) is 4.18. The fraction of sp³-hybridized carbons (Fsp3) is 0.333. The first-order valence-corrected chi connectivity index (χ1v) is 7.96. The Morgan fingerprint density at radius 1 is 1.17 bits per heavy atom. The second-order valence-electron chi connectivity index (χ2n) is 6.30. The van der Waals surface area contributed by atoms with Gasteiger partial charge in [-0.1, -0.05) is 36.4 Å². The number of hydrogen-bond donors (Lipinski definition) is 2. The first kappa shape index (κ1) is 14.4. The summed E-state index contributed by atoms with van der Waals surface area (Å²) < 4.78 is 0. The van der Waals surface area contributed by atoms with Crippen molar-refractivity contribution in [3.8, 4) is 0 Å². The number of nitrogen functional groups attached to an aromatic ring is 1. The van der Waals surface area contributed by atoms with Crippen molar-refractivity contribution in [2.24, 2.45) is 0 Å². The molecule has 1 unspecified atom stereocenters. The number of nitrogens with zero attached hydrogens (tertiary/aromatic N) is 3. The molecule has 2 atom stereocenters. The van der Waals surface area contributed by atoms with Crippen LogP contribution in [-0.4, -0.2) is 45.7 Å². The topological polar surface area (TPSA) is 75.3 Å². The fourth-order valence-corrected chi connectivity index (χ4v) is 3.63. The number of rotatable bonds is 3. The third-order valence-electron chi connectivity index (χ3n) is 4.82. The Hall–Kier alpha value is -2.24. The molecular formula is C18H20N4O. The van der Waals surface area contributed by atoms with Crippen molar-refractivity contribution in [1.82, 2.24) is 14.9 Å². The van der Waals surface area contributed by atoms with Gasteiger partial charge in [-0.25, -0.2) is 9.97 Å². The Labute approximate surface area is 135 Å². The highest BCUT2D eigenvalue weighted by Gasteiger charge is 2.33. The molecule has 1 fully saturated rings. The number of anilines is 1. The van der Waals surface area contributed by atoms with E-state index in [-0.39, 0.29) is 12.0 Å². The van der Waals surface area contributed by atoms with Gasteiger partial charge in [-0.3, -0.25) is 4.90 Å². The maximum absolute atomic E-state index is 10.4. The van der Waals surface area contributed by atoms with Crippen LogP contribution in [-0.2, 0) is 6.42 Å². The predicted octanol–water partition coefficient (Wildman–Crippen LogP) is 1.46. The number of hydrogen-bond acceptors (Lipinski definition) is 5. The van der Waals surface area contributed by atoms with E-state index in [0.717, 1.165) is 30.8 Å². The molecule has 0 radical (unpaired) electrons. The minimum Gasteiger partial charge on any atom is -0.391 e. The molecule has 2 aromatic rings. The summed E-state index contributed by atoms with van der Waals surface area (Å²) in [6, 6.07) is 10.2. The molecule has 0 amide bonds. The summed E-state index contributed by atoms with van der Waals surface area (Å²) in [6.45, 7) is 2.34. The fourth-order valence-electron chi connectivity index (χ4n) is 3.63. The van der Waals surface area contributed by atoms with E-state index < -0.39 is 0 Å². The van der Waals surface area contributed by atoms with Gasteiger partial charge in [-0.15, -0.1) is 0 Å². The van der Waals surface area contributed by atoms with Crippen LogP contribution < -0.4 is 5.73 Å². The molecule has 0 spiro atoms. The monoisotopic (exact) mass is 308 g/mol. The van der Waals surface area contributed by atoms with Crippen LogP contribution in [0.25, 0.3) is 5.57 Å². The standard InChI is InChI=1S/C18H20N4O/c19-18-14-7-6-13(17(14)20-11-21-18)8-22-9-15(16(23)10-22)12-4-2-1-3-5-12/h1-6,11,15-16,23H,7-10H2,(H2,19,20,21)/t15?,16-/m0/s1. The van der Waals surface area contributed by atoms with E-state index in [1.165, 1.54) is 17.5 Å². The van der Waals surface area contributed by atoms with Crippen molar-refractivity contribution in [2.75, 3.05) is 25.4 Å². The molecule has 23 heavy (non-hydrogen) atoms. The Kier molecular flexibility index (Phi) is 3.59. The lowest BCUT2D eigenvalue weighted by Crippen LogP contribution is -2.24. The van der Waals surface area contributed by atoms with Crippen molar-refractivity contribution >= 4 is 11.4 Å². The van der Waals surface area contributed by atoms with E-state index in [4.69, 9.17) is 5.73 Å². The number of aliphatic hydroxyl groups is 1. The molecule has 1 saturated heterocycles. The second kappa shape index (κ2) is 5.76. The molecular weight excluding hydrogens is 288 g/mol. The highest BCUT2D eigenvalue weighted by atomic mass is 16.3. The van der Waals surface area contributed by atoms with Gasteiger partial charge >= 0.3 is 0 Å². The maximum atomic E-state index is 10.4. The van der Waals surface area contributed by atoms with Crippen LogP contribution in [0, 0.1) is 0 Å². The average molecular weight is 308 g/mol. The number of nitrogens with two attached hydrogens (primary N) is 1. The number of fused-ring (bicyclic) bond motifs is 1. The Morgan fingerprint density at radius 3 is 2.83 bits per heavy atom. The molecule has 4 rings (SSSR count). The van der Waals surface area contributed by atoms with E-state index >= 15 is 0 Å². The molecule has 0 saturated carbocycles. The molecule has 2 heterocycles. The van der Waals surface area contributed by atoms with Gasteiger partial charge < -0.3 is 10.8 Å². The highest BCUT2D eigenvalue weighted by Crippen LogP contribution is 2.32. The van der Waals surface area contributed by atoms with Crippen LogP contribution >= 0.6 is 0 Å². The van der Waals surface area contributed by atoms with E-state index in [9.17, 15) is 5.11 Å². The SMILES string of the molecule is Nc1ncnc2c1CC=C2CN1CC(c2ccccc2)[C@@H](O)C1. The van der Waals surface area contributed by atoms with E-state index in [1.807, 2.05) is 18.2 Å². The van der Waals surface area contributed by atoms with Gasteiger partial charge in [-0.2, -0.15) is 0 Å². The molecule has 1 aromatic heterocycles. The molecule has 1 aliphatic heterocycles. The van der Waals surface area contributed by atoms with E-state index in [2.05, 4.69) is 33.1 Å². The lowest BCUT2D eigenvalue weighted by atomic mass is 9.96. The zero-order valence-corrected chi connectivity index (χ0v) is 12.9. The van der Waals surface area contributed by atoms with Crippen LogP contribution in [0.4, 0.5) is 5.82 Å². The lowest BCUT2D eigenvalue weighted by Gasteiger charge is -2.17. The first-order valence-electron chi connectivity index (χ1n) is 7.96. The zero-order chi connectivity index (χ0) is 15.8. The maximum Gasteiger partial charge on any atom is 0.130 e.